The third-order valence-electron chi connectivity index (χ3n) is 6.31. The SMILES string of the molecule is Cc1ccc(N(CC(=O)N2CCCCC2)C(=O)C2CCCN(C(=O)C(C)(C)C)C2)cc1. The van der Waals surface area contributed by atoms with Gasteiger partial charge in [-0.05, 0) is 51.2 Å². The van der Waals surface area contributed by atoms with Crippen LogP contribution in [0.5, 0.6) is 0 Å². The fraction of sp³-hybridized carbons (Fsp3) is 0.640. The molecule has 2 aliphatic rings. The number of likely N-dealkylation sites (tertiary alicyclic amines) is 2. The molecule has 170 valence electrons. The predicted octanol–water partition coefficient (Wildman–Crippen LogP) is 3.63. The molecule has 1 aromatic rings. The molecule has 0 aliphatic carbocycles. The summed E-state index contributed by atoms with van der Waals surface area (Å²) in [5, 5.41) is 0. The van der Waals surface area contributed by atoms with Crippen molar-refractivity contribution in [2.24, 2.45) is 11.3 Å². The highest BCUT2D eigenvalue weighted by Crippen LogP contribution is 2.27. The summed E-state index contributed by atoms with van der Waals surface area (Å²) in [6, 6.07) is 7.77. The van der Waals surface area contributed by atoms with Crippen LogP contribution in [0.3, 0.4) is 0 Å². The van der Waals surface area contributed by atoms with Gasteiger partial charge in [0.2, 0.25) is 17.7 Å². The maximum Gasteiger partial charge on any atom is 0.242 e. The van der Waals surface area contributed by atoms with Crippen LogP contribution in [0.1, 0.15) is 58.4 Å². The number of hydrogen-bond acceptors (Lipinski definition) is 3. The Hall–Kier alpha value is -2.37. The fourth-order valence-electron chi connectivity index (χ4n) is 4.46. The Kier molecular flexibility index (Phi) is 7.39. The molecule has 6 nitrogen and oxygen atoms in total. The van der Waals surface area contributed by atoms with Crippen LogP contribution in [0.4, 0.5) is 5.69 Å². The van der Waals surface area contributed by atoms with Gasteiger partial charge in [-0.2, -0.15) is 0 Å². The molecule has 3 amide bonds. The molecule has 0 saturated carbocycles. The summed E-state index contributed by atoms with van der Waals surface area (Å²) in [7, 11) is 0. The van der Waals surface area contributed by atoms with Crippen molar-refractivity contribution in [3.8, 4) is 0 Å². The zero-order chi connectivity index (χ0) is 22.6. The Balaban J connectivity index is 1.79. The number of nitrogens with zero attached hydrogens (tertiary/aromatic N) is 3. The van der Waals surface area contributed by atoms with Crippen molar-refractivity contribution in [3.05, 3.63) is 29.8 Å². The molecule has 0 radical (unpaired) electrons. The third-order valence-corrected chi connectivity index (χ3v) is 6.31. The monoisotopic (exact) mass is 427 g/mol. The fourth-order valence-corrected chi connectivity index (χ4v) is 4.46. The third kappa shape index (κ3) is 5.86. The van der Waals surface area contributed by atoms with Crippen LogP contribution in [0.15, 0.2) is 24.3 Å². The van der Waals surface area contributed by atoms with Crippen LogP contribution < -0.4 is 4.90 Å². The smallest absolute Gasteiger partial charge is 0.242 e. The summed E-state index contributed by atoms with van der Waals surface area (Å²) in [6.45, 7) is 10.5. The van der Waals surface area contributed by atoms with Crippen LogP contribution >= 0.6 is 0 Å². The van der Waals surface area contributed by atoms with Crippen molar-refractivity contribution < 1.29 is 14.4 Å². The van der Waals surface area contributed by atoms with E-state index >= 15 is 0 Å². The second kappa shape index (κ2) is 9.84. The summed E-state index contributed by atoms with van der Waals surface area (Å²) >= 11 is 0. The molecule has 2 fully saturated rings. The second-order valence-corrected chi connectivity index (χ2v) is 10.0. The van der Waals surface area contributed by atoms with E-state index in [0.717, 1.165) is 56.4 Å². The lowest BCUT2D eigenvalue weighted by Crippen LogP contribution is -2.51. The number of anilines is 1. The highest BCUT2D eigenvalue weighted by atomic mass is 16.2. The van der Waals surface area contributed by atoms with Crippen LogP contribution in [-0.2, 0) is 14.4 Å². The average molecular weight is 428 g/mol. The van der Waals surface area contributed by atoms with E-state index in [2.05, 4.69) is 0 Å². The normalized spacial score (nSPS) is 19.8. The molecule has 3 rings (SSSR count). The molecule has 1 unspecified atom stereocenters. The molecule has 0 N–H and O–H groups in total. The lowest BCUT2D eigenvalue weighted by Gasteiger charge is -2.38. The molecule has 0 spiro atoms. The molecule has 2 aliphatic heterocycles. The van der Waals surface area contributed by atoms with E-state index < -0.39 is 5.41 Å². The second-order valence-electron chi connectivity index (χ2n) is 10.0. The Labute approximate surface area is 186 Å². The number of hydrogen-bond donors (Lipinski definition) is 0. The van der Waals surface area contributed by atoms with E-state index in [1.807, 2.05) is 61.8 Å². The van der Waals surface area contributed by atoms with Crippen LogP contribution in [0.2, 0.25) is 0 Å². The quantitative estimate of drug-likeness (QED) is 0.737. The first-order valence-corrected chi connectivity index (χ1v) is 11.6. The van der Waals surface area contributed by atoms with Gasteiger partial charge in [0.15, 0.2) is 0 Å². The van der Waals surface area contributed by atoms with Crippen LogP contribution in [0.25, 0.3) is 0 Å². The van der Waals surface area contributed by atoms with Crippen molar-refractivity contribution >= 4 is 23.4 Å². The lowest BCUT2D eigenvalue weighted by molar-refractivity contribution is -0.143. The summed E-state index contributed by atoms with van der Waals surface area (Å²) < 4.78 is 0. The van der Waals surface area contributed by atoms with Gasteiger partial charge >= 0.3 is 0 Å². The number of rotatable bonds is 4. The van der Waals surface area contributed by atoms with Gasteiger partial charge < -0.3 is 14.7 Å². The molecule has 1 atom stereocenters. The number of amides is 3. The average Bonchev–Trinajstić information content (AvgIpc) is 2.77. The molecular weight excluding hydrogens is 390 g/mol. The Morgan fingerprint density at radius 3 is 2.16 bits per heavy atom. The van der Waals surface area contributed by atoms with Crippen LogP contribution in [0, 0.1) is 18.3 Å². The van der Waals surface area contributed by atoms with Crippen molar-refractivity contribution in [2.45, 2.75) is 59.8 Å². The molecule has 6 heteroatoms. The molecule has 0 aromatic heterocycles. The largest absolute Gasteiger partial charge is 0.341 e. The molecular formula is C25H37N3O3. The highest BCUT2D eigenvalue weighted by molar-refractivity contribution is 6.00. The van der Waals surface area contributed by atoms with Gasteiger partial charge in [-0.25, -0.2) is 0 Å². The summed E-state index contributed by atoms with van der Waals surface area (Å²) in [6.07, 6.45) is 4.75. The summed E-state index contributed by atoms with van der Waals surface area (Å²) in [4.78, 5) is 44.8. The van der Waals surface area contributed by atoms with E-state index in [1.54, 1.807) is 4.90 Å². The number of benzene rings is 1. The first-order chi connectivity index (χ1) is 14.7. The number of aryl methyl sites for hydroxylation is 1. The molecule has 1 aromatic carbocycles. The minimum absolute atomic E-state index is 0.00654. The van der Waals surface area contributed by atoms with E-state index in [4.69, 9.17) is 0 Å². The van der Waals surface area contributed by atoms with Crippen LogP contribution in [-0.4, -0.2) is 60.2 Å². The van der Waals surface area contributed by atoms with Gasteiger partial charge in [0.1, 0.15) is 6.54 Å². The summed E-state index contributed by atoms with van der Waals surface area (Å²) in [5.74, 6) is -0.250. The Morgan fingerprint density at radius 2 is 1.55 bits per heavy atom. The Morgan fingerprint density at radius 1 is 0.935 bits per heavy atom. The maximum absolute atomic E-state index is 13.6. The van der Waals surface area contributed by atoms with Gasteiger partial charge in [0.05, 0.1) is 5.92 Å². The van der Waals surface area contributed by atoms with E-state index in [1.165, 1.54) is 0 Å². The molecule has 31 heavy (non-hydrogen) atoms. The minimum atomic E-state index is -0.466. The van der Waals surface area contributed by atoms with Crippen molar-refractivity contribution in [1.29, 1.82) is 0 Å². The number of piperidine rings is 2. The highest BCUT2D eigenvalue weighted by Gasteiger charge is 2.36. The zero-order valence-electron chi connectivity index (χ0n) is 19.5. The topological polar surface area (TPSA) is 60.9 Å². The minimum Gasteiger partial charge on any atom is -0.341 e. The first-order valence-electron chi connectivity index (χ1n) is 11.6. The maximum atomic E-state index is 13.6. The molecule has 2 heterocycles. The van der Waals surface area contributed by atoms with Gasteiger partial charge in [0, 0.05) is 37.3 Å². The van der Waals surface area contributed by atoms with E-state index in [-0.39, 0.29) is 30.2 Å². The predicted molar refractivity (Wildman–Crippen MR) is 123 cm³/mol. The van der Waals surface area contributed by atoms with Gasteiger partial charge in [0.25, 0.3) is 0 Å². The molecule has 0 bridgehead atoms. The number of carbonyl (C=O) groups excluding carboxylic acids is 3. The van der Waals surface area contributed by atoms with E-state index in [9.17, 15) is 14.4 Å². The van der Waals surface area contributed by atoms with Gasteiger partial charge in [-0.1, -0.05) is 38.5 Å². The lowest BCUT2D eigenvalue weighted by atomic mass is 9.90. The van der Waals surface area contributed by atoms with E-state index in [0.29, 0.717) is 13.1 Å². The van der Waals surface area contributed by atoms with Gasteiger partial charge in [-0.3, -0.25) is 14.4 Å². The first kappa shape index (κ1) is 23.3. The Bertz CT molecular complexity index is 791. The van der Waals surface area contributed by atoms with Crippen molar-refractivity contribution in [2.75, 3.05) is 37.6 Å². The van der Waals surface area contributed by atoms with Crippen molar-refractivity contribution in [3.63, 3.8) is 0 Å². The number of carbonyl (C=O) groups is 3. The molecule has 2 saturated heterocycles. The standard InChI is InChI=1S/C25H37N3O3/c1-19-10-12-21(13-11-19)28(18-22(29)26-14-6-5-7-15-26)23(30)20-9-8-16-27(17-20)24(31)25(2,3)4/h10-13,20H,5-9,14-18H2,1-4H3. The van der Waals surface area contributed by atoms with Gasteiger partial charge in [-0.15, -0.1) is 0 Å². The zero-order valence-corrected chi connectivity index (χ0v) is 19.5. The van der Waals surface area contributed by atoms with Crippen molar-refractivity contribution in [1.82, 2.24) is 9.80 Å². The summed E-state index contributed by atoms with van der Waals surface area (Å²) in [5.41, 5.74) is 1.39.